The number of hydrogen-bond acceptors (Lipinski definition) is 4. The highest BCUT2D eigenvalue weighted by atomic mass is 32.2. The first-order chi connectivity index (χ1) is 14.6. The van der Waals surface area contributed by atoms with Crippen LogP contribution in [0.5, 0.6) is 0 Å². The molecule has 1 saturated heterocycles. The monoisotopic (exact) mass is 425 g/mol. The number of rotatable bonds is 9. The third kappa shape index (κ3) is 4.43. The molecule has 2 fully saturated rings. The zero-order chi connectivity index (χ0) is 21.0. The summed E-state index contributed by atoms with van der Waals surface area (Å²) < 4.78 is 5.93. The average molecular weight is 426 g/mol. The molecule has 0 bridgehead atoms. The van der Waals surface area contributed by atoms with Crippen molar-refractivity contribution in [2.24, 2.45) is 5.41 Å². The average Bonchev–Trinajstić information content (AvgIpc) is 3.11. The van der Waals surface area contributed by atoms with Crippen molar-refractivity contribution in [1.82, 2.24) is 0 Å². The van der Waals surface area contributed by atoms with Crippen LogP contribution in [0.3, 0.4) is 0 Å². The highest BCUT2D eigenvalue weighted by Crippen LogP contribution is 2.53. The molecule has 5 heteroatoms. The van der Waals surface area contributed by atoms with E-state index in [1.807, 2.05) is 59.5 Å². The third-order valence-electron chi connectivity index (χ3n) is 6.47. The number of benzene rings is 2. The highest BCUT2D eigenvalue weighted by Gasteiger charge is 2.43. The second-order valence-corrected chi connectivity index (χ2v) is 9.66. The molecule has 1 N–H and O–H groups in total. The second kappa shape index (κ2) is 9.54. The Bertz CT molecular complexity index is 852. The Morgan fingerprint density at radius 1 is 1.20 bits per heavy atom. The summed E-state index contributed by atoms with van der Waals surface area (Å²) >= 11 is 1.62. The highest BCUT2D eigenvalue weighted by molar-refractivity contribution is 8.01. The number of aliphatic hydroxyl groups is 1. The number of ether oxygens (including phenoxy) is 1. The maximum atomic E-state index is 12.7. The first-order valence-corrected chi connectivity index (χ1v) is 12.0. The maximum absolute atomic E-state index is 12.7. The molecule has 2 aliphatic rings. The molecular weight excluding hydrogens is 394 g/mol. The lowest BCUT2D eigenvalue weighted by atomic mass is 9.61. The summed E-state index contributed by atoms with van der Waals surface area (Å²) in [5.41, 5.74) is 2.93. The summed E-state index contributed by atoms with van der Waals surface area (Å²) in [7, 11) is 0. The molecule has 0 radical (unpaired) electrons. The topological polar surface area (TPSA) is 49.8 Å². The van der Waals surface area contributed by atoms with Crippen LogP contribution in [0, 0.1) is 5.41 Å². The molecule has 1 amide bonds. The molecule has 1 aliphatic heterocycles. The second-order valence-electron chi connectivity index (χ2n) is 8.49. The Morgan fingerprint density at radius 3 is 2.70 bits per heavy atom. The van der Waals surface area contributed by atoms with E-state index in [0.29, 0.717) is 19.0 Å². The Labute approximate surface area is 183 Å². The van der Waals surface area contributed by atoms with Crippen LogP contribution in [0.25, 0.3) is 0 Å². The van der Waals surface area contributed by atoms with Crippen molar-refractivity contribution in [1.29, 1.82) is 0 Å². The molecule has 2 aromatic rings. The van der Waals surface area contributed by atoms with Crippen LogP contribution >= 0.6 is 11.8 Å². The van der Waals surface area contributed by atoms with E-state index in [1.165, 1.54) is 6.42 Å². The normalized spacial score (nSPS) is 21.5. The van der Waals surface area contributed by atoms with Crippen molar-refractivity contribution >= 4 is 23.4 Å². The predicted molar refractivity (Wildman–Crippen MR) is 122 cm³/mol. The van der Waals surface area contributed by atoms with Crippen molar-refractivity contribution in [3.05, 3.63) is 65.7 Å². The zero-order valence-corrected chi connectivity index (χ0v) is 18.4. The Kier molecular flexibility index (Phi) is 6.81. The maximum Gasteiger partial charge on any atom is 0.238 e. The van der Waals surface area contributed by atoms with Gasteiger partial charge in [0.05, 0.1) is 25.1 Å². The SMILES string of the molecule is CCCC1(C(O)c2cccc(N3C(=O)CSC3COCc3ccccc3)c2)CCC1. The molecule has 1 aliphatic carbocycles. The molecule has 0 aromatic heterocycles. The van der Waals surface area contributed by atoms with Crippen LogP contribution in [0.2, 0.25) is 0 Å². The molecule has 30 heavy (non-hydrogen) atoms. The fraction of sp³-hybridized carbons (Fsp3) is 0.480. The van der Waals surface area contributed by atoms with E-state index >= 15 is 0 Å². The Hall–Kier alpha value is -1.82. The lowest BCUT2D eigenvalue weighted by Gasteiger charge is -2.46. The first-order valence-electron chi connectivity index (χ1n) is 11.0. The van der Waals surface area contributed by atoms with Crippen LogP contribution < -0.4 is 4.90 Å². The summed E-state index contributed by atoms with van der Waals surface area (Å²) in [5.74, 6) is 0.568. The minimum atomic E-state index is -0.468. The smallest absolute Gasteiger partial charge is 0.238 e. The summed E-state index contributed by atoms with van der Waals surface area (Å²) in [5, 5.41) is 11.1. The van der Waals surface area contributed by atoms with E-state index in [-0.39, 0.29) is 16.7 Å². The van der Waals surface area contributed by atoms with E-state index in [9.17, 15) is 9.90 Å². The van der Waals surface area contributed by atoms with E-state index in [0.717, 1.165) is 42.5 Å². The lowest BCUT2D eigenvalue weighted by molar-refractivity contribution is -0.116. The van der Waals surface area contributed by atoms with Crippen LogP contribution in [0.4, 0.5) is 5.69 Å². The summed E-state index contributed by atoms with van der Waals surface area (Å²) in [6, 6.07) is 18.0. The summed E-state index contributed by atoms with van der Waals surface area (Å²) in [4.78, 5) is 14.5. The molecule has 2 aromatic carbocycles. The minimum Gasteiger partial charge on any atom is -0.388 e. The van der Waals surface area contributed by atoms with Gasteiger partial charge >= 0.3 is 0 Å². The van der Waals surface area contributed by atoms with Crippen molar-refractivity contribution in [2.75, 3.05) is 17.3 Å². The van der Waals surface area contributed by atoms with Gasteiger partial charge in [0.1, 0.15) is 5.37 Å². The molecule has 2 atom stereocenters. The first kappa shape index (κ1) is 21.4. The van der Waals surface area contributed by atoms with Gasteiger partial charge in [0.2, 0.25) is 5.91 Å². The predicted octanol–water partition coefficient (Wildman–Crippen LogP) is 5.31. The fourth-order valence-electron chi connectivity index (χ4n) is 4.74. The Balaban J connectivity index is 1.46. The van der Waals surface area contributed by atoms with Crippen molar-refractivity contribution in [3.8, 4) is 0 Å². The number of amides is 1. The van der Waals surface area contributed by atoms with E-state index in [4.69, 9.17) is 4.74 Å². The lowest BCUT2D eigenvalue weighted by Crippen LogP contribution is -2.37. The van der Waals surface area contributed by atoms with Crippen LogP contribution in [-0.2, 0) is 16.1 Å². The van der Waals surface area contributed by atoms with Gasteiger partial charge in [0, 0.05) is 11.1 Å². The standard InChI is InChI=1S/C25H31NO3S/c1-2-12-25(13-7-14-25)24(28)20-10-6-11-21(15-20)26-22(27)18-30-23(26)17-29-16-19-8-4-3-5-9-19/h3-6,8-11,15,23-24,28H,2,7,12-14,16-18H2,1H3. The summed E-state index contributed by atoms with van der Waals surface area (Å²) in [6.45, 7) is 3.21. The van der Waals surface area contributed by atoms with Gasteiger partial charge in [-0.25, -0.2) is 0 Å². The van der Waals surface area contributed by atoms with Gasteiger partial charge in [-0.15, -0.1) is 11.8 Å². The van der Waals surface area contributed by atoms with Crippen molar-refractivity contribution < 1.29 is 14.6 Å². The van der Waals surface area contributed by atoms with Crippen molar-refractivity contribution in [3.63, 3.8) is 0 Å². The van der Waals surface area contributed by atoms with Gasteiger partial charge in [0.15, 0.2) is 0 Å². The molecule has 1 heterocycles. The van der Waals surface area contributed by atoms with Gasteiger partial charge in [-0.3, -0.25) is 9.69 Å². The van der Waals surface area contributed by atoms with Gasteiger partial charge < -0.3 is 9.84 Å². The van der Waals surface area contributed by atoms with Gasteiger partial charge in [-0.1, -0.05) is 62.2 Å². The van der Waals surface area contributed by atoms with E-state index in [2.05, 4.69) is 6.92 Å². The number of aliphatic hydroxyl groups excluding tert-OH is 1. The summed E-state index contributed by atoms with van der Waals surface area (Å²) in [6.07, 6.45) is 5.02. The number of thioether (sulfide) groups is 1. The van der Waals surface area contributed by atoms with E-state index < -0.39 is 6.10 Å². The van der Waals surface area contributed by atoms with Crippen LogP contribution in [0.15, 0.2) is 54.6 Å². The number of carbonyl (C=O) groups excluding carboxylic acids is 1. The molecule has 4 nitrogen and oxygen atoms in total. The van der Waals surface area contributed by atoms with Gasteiger partial charge in [-0.05, 0) is 42.5 Å². The third-order valence-corrected chi connectivity index (χ3v) is 7.61. The quantitative estimate of drug-likeness (QED) is 0.591. The van der Waals surface area contributed by atoms with Crippen LogP contribution in [0.1, 0.15) is 56.3 Å². The van der Waals surface area contributed by atoms with Crippen LogP contribution in [-0.4, -0.2) is 28.7 Å². The molecule has 0 spiro atoms. The van der Waals surface area contributed by atoms with Gasteiger partial charge in [-0.2, -0.15) is 0 Å². The molecule has 1 saturated carbocycles. The fourth-order valence-corrected chi connectivity index (χ4v) is 5.80. The van der Waals surface area contributed by atoms with Crippen molar-refractivity contribution in [2.45, 2.75) is 57.1 Å². The molecule has 4 rings (SSSR count). The largest absolute Gasteiger partial charge is 0.388 e. The number of hydrogen-bond donors (Lipinski definition) is 1. The number of carbonyl (C=O) groups is 1. The zero-order valence-electron chi connectivity index (χ0n) is 17.6. The Morgan fingerprint density at radius 2 is 2.00 bits per heavy atom. The molecule has 160 valence electrons. The number of nitrogens with zero attached hydrogens (tertiary/aromatic N) is 1. The molecule has 2 unspecified atom stereocenters. The number of anilines is 1. The minimum absolute atomic E-state index is 0.00926. The van der Waals surface area contributed by atoms with E-state index in [1.54, 1.807) is 11.8 Å². The molecular formula is C25H31NO3S. The van der Waals surface area contributed by atoms with Gasteiger partial charge in [0.25, 0.3) is 0 Å².